The number of hydrogen-bond donors (Lipinski definition) is 1. The van der Waals surface area contributed by atoms with Crippen molar-refractivity contribution in [3.63, 3.8) is 0 Å². The summed E-state index contributed by atoms with van der Waals surface area (Å²) in [6, 6.07) is 21.4. The lowest BCUT2D eigenvalue weighted by Crippen LogP contribution is -2.49. The molecule has 2 aromatic carbocycles. The molecule has 6 rings (SSSR count). The molecular formula is C30H34N8. The van der Waals surface area contributed by atoms with Gasteiger partial charge in [-0.15, -0.1) is 0 Å². The average molecular weight is 507 g/mol. The van der Waals surface area contributed by atoms with Gasteiger partial charge in [-0.25, -0.2) is 14.6 Å². The number of aromatic nitrogens is 4. The fourth-order valence-electron chi connectivity index (χ4n) is 6.13. The van der Waals surface area contributed by atoms with E-state index in [0.29, 0.717) is 17.9 Å². The second-order valence-corrected chi connectivity index (χ2v) is 10.6. The number of anilines is 1. The molecule has 194 valence electrons. The summed E-state index contributed by atoms with van der Waals surface area (Å²) in [5, 5.41) is 15.8. The molecule has 0 spiro atoms. The summed E-state index contributed by atoms with van der Waals surface area (Å²) in [7, 11) is 2.21. The Morgan fingerprint density at radius 1 is 0.868 bits per heavy atom. The average Bonchev–Trinajstić information content (AvgIpc) is 3.36. The lowest BCUT2D eigenvalue weighted by Gasteiger charge is -2.41. The SMILES string of the molecule is CN1CCN(C2CCC(n3nc(-c4ccc(C(C#N)c5ccccc5)cc4)c4c(N)ncnc43)CC2)CC1. The van der Waals surface area contributed by atoms with E-state index in [4.69, 9.17) is 10.8 Å². The van der Waals surface area contributed by atoms with Gasteiger partial charge in [-0.1, -0.05) is 54.6 Å². The van der Waals surface area contributed by atoms with E-state index in [2.05, 4.69) is 37.6 Å². The van der Waals surface area contributed by atoms with Gasteiger partial charge in [0.2, 0.25) is 0 Å². The third kappa shape index (κ3) is 4.64. The molecule has 2 fully saturated rings. The van der Waals surface area contributed by atoms with Crippen molar-refractivity contribution in [3.05, 3.63) is 72.1 Å². The second kappa shape index (κ2) is 10.5. The van der Waals surface area contributed by atoms with Gasteiger partial charge < -0.3 is 10.6 Å². The maximum atomic E-state index is 9.85. The van der Waals surface area contributed by atoms with E-state index in [-0.39, 0.29) is 5.92 Å². The van der Waals surface area contributed by atoms with E-state index in [1.54, 1.807) is 0 Å². The van der Waals surface area contributed by atoms with Gasteiger partial charge in [0.15, 0.2) is 5.65 Å². The minimum absolute atomic E-state index is 0.296. The summed E-state index contributed by atoms with van der Waals surface area (Å²) >= 11 is 0. The van der Waals surface area contributed by atoms with Crippen molar-refractivity contribution >= 4 is 16.9 Å². The number of nitrogens with zero attached hydrogens (tertiary/aromatic N) is 7. The standard InChI is InChI=1S/C30H34N8/c1-36-15-17-37(18-16-36)24-11-13-25(14-12-24)38-30-27(29(32)33-20-34-30)28(35-38)23-9-7-22(8-10-23)26(19-31)21-5-3-2-4-6-21/h2-10,20,24-26H,11-18H2,1H3,(H2,32,33,34). The quantitative estimate of drug-likeness (QED) is 0.426. The van der Waals surface area contributed by atoms with E-state index in [0.717, 1.165) is 72.4 Å². The number of rotatable bonds is 5. The molecule has 1 saturated carbocycles. The first-order valence-corrected chi connectivity index (χ1v) is 13.6. The first kappa shape index (κ1) is 24.5. The van der Waals surface area contributed by atoms with Gasteiger partial charge >= 0.3 is 0 Å². The second-order valence-electron chi connectivity index (χ2n) is 10.6. The molecular weight excluding hydrogens is 472 g/mol. The summed E-state index contributed by atoms with van der Waals surface area (Å²) in [5.41, 5.74) is 10.9. The normalized spacial score (nSPS) is 21.8. The highest BCUT2D eigenvalue weighted by Crippen LogP contribution is 2.37. The zero-order chi connectivity index (χ0) is 26.1. The zero-order valence-corrected chi connectivity index (χ0v) is 21.9. The predicted molar refractivity (Wildman–Crippen MR) is 149 cm³/mol. The van der Waals surface area contributed by atoms with Gasteiger partial charge in [-0.05, 0) is 43.9 Å². The molecule has 1 saturated heterocycles. The Morgan fingerprint density at radius 2 is 1.53 bits per heavy atom. The first-order chi connectivity index (χ1) is 18.6. The summed E-state index contributed by atoms with van der Waals surface area (Å²) in [4.78, 5) is 14.0. The predicted octanol–water partition coefficient (Wildman–Crippen LogP) is 4.46. The summed E-state index contributed by atoms with van der Waals surface area (Å²) in [6.07, 6.45) is 6.05. The van der Waals surface area contributed by atoms with Crippen molar-refractivity contribution in [1.29, 1.82) is 5.26 Å². The van der Waals surface area contributed by atoms with Crippen LogP contribution in [0.4, 0.5) is 5.82 Å². The summed E-state index contributed by atoms with van der Waals surface area (Å²) < 4.78 is 2.10. The summed E-state index contributed by atoms with van der Waals surface area (Å²) in [6.45, 7) is 4.64. The van der Waals surface area contributed by atoms with Gasteiger partial charge in [-0.3, -0.25) is 4.90 Å². The lowest BCUT2D eigenvalue weighted by molar-refractivity contribution is 0.0815. The third-order valence-corrected chi connectivity index (χ3v) is 8.36. The Balaban J connectivity index is 1.27. The molecule has 2 aromatic heterocycles. The Labute approximate surface area is 223 Å². The fraction of sp³-hybridized carbons (Fsp3) is 0.400. The Hall–Kier alpha value is -3.80. The molecule has 38 heavy (non-hydrogen) atoms. The number of hydrogen-bond acceptors (Lipinski definition) is 7. The van der Waals surface area contributed by atoms with E-state index < -0.39 is 0 Å². The van der Waals surface area contributed by atoms with Gasteiger partial charge in [0.25, 0.3) is 0 Å². The Bertz CT molecular complexity index is 1420. The molecule has 1 unspecified atom stereocenters. The highest BCUT2D eigenvalue weighted by atomic mass is 15.3. The van der Waals surface area contributed by atoms with E-state index in [1.807, 2.05) is 54.6 Å². The largest absolute Gasteiger partial charge is 0.383 e. The van der Waals surface area contributed by atoms with Crippen LogP contribution in [0.5, 0.6) is 0 Å². The highest BCUT2D eigenvalue weighted by molar-refractivity contribution is 5.98. The molecule has 2 N–H and O–H groups in total. The molecule has 8 nitrogen and oxygen atoms in total. The van der Waals surface area contributed by atoms with Crippen LogP contribution in [0, 0.1) is 11.3 Å². The van der Waals surface area contributed by atoms with Crippen LogP contribution in [0.1, 0.15) is 48.8 Å². The number of nitriles is 1. The van der Waals surface area contributed by atoms with Crippen molar-refractivity contribution in [3.8, 4) is 17.3 Å². The molecule has 4 aromatic rings. The molecule has 0 amide bonds. The van der Waals surface area contributed by atoms with Crippen LogP contribution in [0.3, 0.4) is 0 Å². The van der Waals surface area contributed by atoms with Crippen LogP contribution >= 0.6 is 0 Å². The molecule has 0 bridgehead atoms. The molecule has 1 aliphatic heterocycles. The van der Waals surface area contributed by atoms with Crippen molar-refractivity contribution in [2.45, 2.75) is 43.7 Å². The smallest absolute Gasteiger partial charge is 0.164 e. The number of nitrogens with two attached hydrogens (primary N) is 1. The third-order valence-electron chi connectivity index (χ3n) is 8.36. The van der Waals surface area contributed by atoms with Gasteiger partial charge in [-0.2, -0.15) is 10.4 Å². The van der Waals surface area contributed by atoms with Crippen LogP contribution in [0.15, 0.2) is 60.9 Å². The van der Waals surface area contributed by atoms with E-state index in [1.165, 1.54) is 19.2 Å². The molecule has 0 radical (unpaired) electrons. The number of nitrogen functional groups attached to an aromatic ring is 1. The molecule has 2 aliphatic rings. The van der Waals surface area contributed by atoms with Crippen molar-refractivity contribution in [2.75, 3.05) is 39.0 Å². The lowest BCUT2D eigenvalue weighted by atomic mass is 9.90. The number of likely N-dealkylation sites (N-methyl/N-ethyl adjacent to an activating group) is 1. The first-order valence-electron chi connectivity index (χ1n) is 13.6. The molecule has 8 heteroatoms. The summed E-state index contributed by atoms with van der Waals surface area (Å²) in [5.74, 6) is 0.133. The minimum atomic E-state index is -0.316. The molecule has 3 heterocycles. The van der Waals surface area contributed by atoms with E-state index >= 15 is 0 Å². The topological polar surface area (TPSA) is 99.9 Å². The van der Waals surface area contributed by atoms with Crippen LogP contribution in [-0.2, 0) is 0 Å². The zero-order valence-electron chi connectivity index (χ0n) is 21.9. The monoisotopic (exact) mass is 506 g/mol. The maximum absolute atomic E-state index is 9.85. The highest BCUT2D eigenvalue weighted by Gasteiger charge is 2.30. The van der Waals surface area contributed by atoms with Crippen molar-refractivity contribution < 1.29 is 0 Å². The van der Waals surface area contributed by atoms with Crippen LogP contribution in [0.25, 0.3) is 22.3 Å². The van der Waals surface area contributed by atoms with Crippen LogP contribution in [-0.4, -0.2) is 68.8 Å². The number of piperazine rings is 1. The maximum Gasteiger partial charge on any atom is 0.164 e. The van der Waals surface area contributed by atoms with Gasteiger partial charge in [0.1, 0.15) is 17.8 Å². The van der Waals surface area contributed by atoms with Crippen molar-refractivity contribution in [1.82, 2.24) is 29.5 Å². The number of fused-ring (bicyclic) bond motifs is 1. The Kier molecular flexibility index (Phi) is 6.79. The van der Waals surface area contributed by atoms with Gasteiger partial charge in [0.05, 0.1) is 23.4 Å². The van der Waals surface area contributed by atoms with Crippen molar-refractivity contribution in [2.24, 2.45) is 0 Å². The minimum Gasteiger partial charge on any atom is -0.383 e. The van der Waals surface area contributed by atoms with E-state index in [9.17, 15) is 5.26 Å². The van der Waals surface area contributed by atoms with Crippen LogP contribution in [0.2, 0.25) is 0 Å². The fourth-order valence-corrected chi connectivity index (χ4v) is 6.13. The van der Waals surface area contributed by atoms with Crippen LogP contribution < -0.4 is 5.73 Å². The molecule has 1 atom stereocenters. The Morgan fingerprint density at radius 3 is 2.21 bits per heavy atom. The molecule has 1 aliphatic carbocycles. The number of benzene rings is 2. The van der Waals surface area contributed by atoms with Gasteiger partial charge in [0, 0.05) is 37.8 Å².